The summed E-state index contributed by atoms with van der Waals surface area (Å²) in [6.07, 6.45) is 0. The molecular weight excluding hydrogens is 436 g/mol. The number of benzene rings is 2. The molecule has 0 radical (unpaired) electrons. The zero-order valence-corrected chi connectivity index (χ0v) is 19.3. The Labute approximate surface area is 189 Å². The van der Waals surface area contributed by atoms with Gasteiger partial charge < -0.3 is 9.30 Å². The third-order valence-electron chi connectivity index (χ3n) is 4.58. The number of hydrogen-bond donors (Lipinski definition) is 0. The van der Waals surface area contributed by atoms with Gasteiger partial charge in [-0.05, 0) is 43.7 Å². The van der Waals surface area contributed by atoms with Gasteiger partial charge in [-0.15, -0.1) is 21.5 Å². The minimum Gasteiger partial charge on any atom is -0.485 e. The van der Waals surface area contributed by atoms with E-state index in [1.165, 1.54) is 5.56 Å². The van der Waals surface area contributed by atoms with Crippen molar-refractivity contribution in [3.8, 4) is 16.3 Å². The van der Waals surface area contributed by atoms with Crippen molar-refractivity contribution in [1.29, 1.82) is 0 Å². The minimum absolute atomic E-state index is 0.348. The number of aromatic nitrogens is 4. The first kappa shape index (κ1) is 20.9. The van der Waals surface area contributed by atoms with Crippen LogP contribution in [0, 0.1) is 13.8 Å². The summed E-state index contributed by atoms with van der Waals surface area (Å²) in [5, 5.41) is 13.3. The quantitative estimate of drug-likeness (QED) is 0.315. The number of nitrogens with zero attached hydrogens (tertiary/aromatic N) is 4. The molecule has 2 aromatic heterocycles. The molecule has 0 bridgehead atoms. The first-order valence-corrected chi connectivity index (χ1v) is 11.7. The highest BCUT2D eigenvalue weighted by Crippen LogP contribution is 2.28. The van der Waals surface area contributed by atoms with Gasteiger partial charge in [0.2, 0.25) is 0 Å². The lowest BCUT2D eigenvalue weighted by molar-refractivity contribution is 0.288. The van der Waals surface area contributed by atoms with E-state index in [9.17, 15) is 0 Å². The minimum atomic E-state index is 0.348. The molecule has 0 saturated heterocycles. The first-order chi connectivity index (χ1) is 14.5. The van der Waals surface area contributed by atoms with Crippen molar-refractivity contribution < 1.29 is 4.74 Å². The van der Waals surface area contributed by atoms with Gasteiger partial charge in [-0.3, -0.25) is 0 Å². The molecule has 2 heterocycles. The Bertz CT molecular complexity index is 1170. The lowest BCUT2D eigenvalue weighted by Crippen LogP contribution is -2.05. The maximum absolute atomic E-state index is 6.00. The van der Waals surface area contributed by atoms with Gasteiger partial charge in [0.25, 0.3) is 0 Å². The van der Waals surface area contributed by atoms with Crippen LogP contribution in [0.2, 0.25) is 5.02 Å². The maximum Gasteiger partial charge on any atom is 0.191 e. The van der Waals surface area contributed by atoms with Crippen LogP contribution < -0.4 is 4.74 Å². The van der Waals surface area contributed by atoms with Crippen molar-refractivity contribution in [2.75, 3.05) is 0 Å². The molecule has 0 fully saturated rings. The largest absolute Gasteiger partial charge is 0.485 e. The zero-order chi connectivity index (χ0) is 21.1. The second kappa shape index (κ2) is 9.20. The number of hydrogen-bond acceptors (Lipinski definition) is 6. The van der Waals surface area contributed by atoms with Crippen LogP contribution in [0.5, 0.6) is 5.75 Å². The molecule has 4 rings (SSSR count). The standard InChI is InChI=1S/C22H21ClN4OS2/c1-14-5-4-6-16(9-14)21-24-18(12-29-21)13-30-22-26-25-20(27(22)3)11-28-19-8-7-17(23)10-15(19)2/h4-10,12H,11,13H2,1-3H3. The molecule has 154 valence electrons. The highest BCUT2D eigenvalue weighted by Gasteiger charge is 2.12. The highest BCUT2D eigenvalue weighted by atomic mass is 35.5. The summed E-state index contributed by atoms with van der Waals surface area (Å²) >= 11 is 9.29. The van der Waals surface area contributed by atoms with Crippen molar-refractivity contribution >= 4 is 34.7 Å². The number of thioether (sulfide) groups is 1. The predicted molar refractivity (Wildman–Crippen MR) is 123 cm³/mol. The van der Waals surface area contributed by atoms with E-state index in [2.05, 4.69) is 46.8 Å². The van der Waals surface area contributed by atoms with Crippen molar-refractivity contribution in [3.05, 3.63) is 75.5 Å². The molecule has 0 N–H and O–H groups in total. The molecule has 2 aromatic carbocycles. The molecule has 0 amide bonds. The molecule has 0 unspecified atom stereocenters. The SMILES string of the molecule is Cc1cccc(-c2nc(CSc3nnc(COc4ccc(Cl)cc4C)n3C)cs2)c1. The van der Waals surface area contributed by atoms with Crippen LogP contribution in [0.1, 0.15) is 22.6 Å². The normalized spacial score (nSPS) is 11.1. The van der Waals surface area contributed by atoms with Gasteiger partial charge in [-0.1, -0.05) is 47.1 Å². The van der Waals surface area contributed by atoms with Crippen LogP contribution in [-0.2, 0) is 19.4 Å². The van der Waals surface area contributed by atoms with Crippen molar-refractivity contribution in [2.45, 2.75) is 31.4 Å². The van der Waals surface area contributed by atoms with Gasteiger partial charge >= 0.3 is 0 Å². The van der Waals surface area contributed by atoms with Gasteiger partial charge in [0.15, 0.2) is 11.0 Å². The topological polar surface area (TPSA) is 52.8 Å². The second-order valence-electron chi connectivity index (χ2n) is 6.96. The van der Waals surface area contributed by atoms with E-state index in [1.54, 1.807) is 23.1 Å². The van der Waals surface area contributed by atoms with E-state index in [1.807, 2.05) is 36.7 Å². The monoisotopic (exact) mass is 456 g/mol. The molecule has 4 aromatic rings. The summed E-state index contributed by atoms with van der Waals surface area (Å²) in [7, 11) is 1.95. The average molecular weight is 457 g/mol. The number of rotatable bonds is 7. The number of ether oxygens (including phenoxy) is 1. The van der Waals surface area contributed by atoms with Crippen LogP contribution in [0.3, 0.4) is 0 Å². The Hall–Kier alpha value is -2.35. The Balaban J connectivity index is 1.37. The van der Waals surface area contributed by atoms with Crippen LogP contribution in [0.25, 0.3) is 10.6 Å². The second-order valence-corrected chi connectivity index (χ2v) is 9.20. The molecule has 0 spiro atoms. The van der Waals surface area contributed by atoms with Crippen molar-refractivity contribution in [3.63, 3.8) is 0 Å². The number of thiazole rings is 1. The number of halogens is 1. The van der Waals surface area contributed by atoms with Crippen LogP contribution in [0.4, 0.5) is 0 Å². The lowest BCUT2D eigenvalue weighted by atomic mass is 10.1. The molecule has 0 aliphatic rings. The van der Waals surface area contributed by atoms with Crippen LogP contribution >= 0.6 is 34.7 Å². The predicted octanol–water partition coefficient (Wildman–Crippen LogP) is 6.08. The molecule has 0 aliphatic carbocycles. The van der Waals surface area contributed by atoms with E-state index in [0.29, 0.717) is 11.6 Å². The van der Waals surface area contributed by atoms with E-state index in [0.717, 1.165) is 44.3 Å². The average Bonchev–Trinajstić information content (AvgIpc) is 3.33. The van der Waals surface area contributed by atoms with E-state index < -0.39 is 0 Å². The van der Waals surface area contributed by atoms with E-state index in [4.69, 9.17) is 21.3 Å². The summed E-state index contributed by atoms with van der Waals surface area (Å²) in [6, 6.07) is 14.0. The smallest absolute Gasteiger partial charge is 0.191 e. The highest BCUT2D eigenvalue weighted by molar-refractivity contribution is 7.98. The van der Waals surface area contributed by atoms with Gasteiger partial charge in [0.05, 0.1) is 5.69 Å². The van der Waals surface area contributed by atoms with Crippen molar-refractivity contribution in [2.24, 2.45) is 7.05 Å². The molecule has 0 saturated carbocycles. The molecular formula is C22H21ClN4OS2. The zero-order valence-electron chi connectivity index (χ0n) is 16.9. The first-order valence-electron chi connectivity index (χ1n) is 9.41. The maximum atomic E-state index is 6.00. The third kappa shape index (κ3) is 4.86. The van der Waals surface area contributed by atoms with Crippen molar-refractivity contribution in [1.82, 2.24) is 19.7 Å². The Kier molecular flexibility index (Phi) is 6.41. The third-order valence-corrected chi connectivity index (χ3v) is 6.81. The Morgan fingerprint density at radius 2 is 2.00 bits per heavy atom. The number of aryl methyl sites for hydroxylation is 2. The summed E-state index contributed by atoms with van der Waals surface area (Å²) in [6.45, 7) is 4.41. The van der Waals surface area contributed by atoms with Crippen LogP contribution in [-0.4, -0.2) is 19.7 Å². The van der Waals surface area contributed by atoms with Gasteiger partial charge in [0, 0.05) is 28.8 Å². The molecule has 0 atom stereocenters. The van der Waals surface area contributed by atoms with Crippen LogP contribution in [0.15, 0.2) is 53.0 Å². The summed E-state index contributed by atoms with van der Waals surface area (Å²) in [5.41, 5.74) is 4.43. The van der Waals surface area contributed by atoms with E-state index >= 15 is 0 Å². The molecule has 5 nitrogen and oxygen atoms in total. The Morgan fingerprint density at radius 3 is 2.80 bits per heavy atom. The fourth-order valence-electron chi connectivity index (χ4n) is 2.94. The summed E-state index contributed by atoms with van der Waals surface area (Å²) < 4.78 is 7.86. The molecule has 30 heavy (non-hydrogen) atoms. The van der Waals surface area contributed by atoms with Gasteiger partial charge in [-0.25, -0.2) is 4.98 Å². The summed E-state index contributed by atoms with van der Waals surface area (Å²) in [5.74, 6) is 2.30. The fraction of sp³-hybridized carbons (Fsp3) is 0.227. The molecule has 0 aliphatic heterocycles. The van der Waals surface area contributed by atoms with Gasteiger partial charge in [-0.2, -0.15) is 0 Å². The fourth-order valence-corrected chi connectivity index (χ4v) is 4.91. The Morgan fingerprint density at radius 1 is 1.13 bits per heavy atom. The van der Waals surface area contributed by atoms with Gasteiger partial charge in [0.1, 0.15) is 17.4 Å². The van der Waals surface area contributed by atoms with E-state index in [-0.39, 0.29) is 0 Å². The molecule has 8 heteroatoms. The lowest BCUT2D eigenvalue weighted by Gasteiger charge is -2.09. The summed E-state index contributed by atoms with van der Waals surface area (Å²) in [4.78, 5) is 4.77.